The van der Waals surface area contributed by atoms with Gasteiger partial charge in [-0.05, 0) is 31.0 Å². The second-order valence-corrected chi connectivity index (χ2v) is 7.84. The van der Waals surface area contributed by atoms with Crippen LogP contribution in [0.1, 0.15) is 31.7 Å². The van der Waals surface area contributed by atoms with Crippen molar-refractivity contribution in [2.24, 2.45) is 17.2 Å². The van der Waals surface area contributed by atoms with E-state index in [0.717, 1.165) is 0 Å². The molecule has 35 heavy (non-hydrogen) atoms. The van der Waals surface area contributed by atoms with E-state index in [1.54, 1.807) is 0 Å². The van der Waals surface area contributed by atoms with Gasteiger partial charge in [0.15, 0.2) is 0 Å². The van der Waals surface area contributed by atoms with E-state index in [4.69, 9.17) is 17.2 Å². The summed E-state index contributed by atoms with van der Waals surface area (Å²) in [5, 5.41) is 25.6. The van der Waals surface area contributed by atoms with E-state index in [9.17, 15) is 39.0 Å². The highest BCUT2D eigenvalue weighted by atomic mass is 16.4. The quantitative estimate of drug-likeness (QED) is 0.130. The number of carbonyl (C=O) groups excluding carboxylic acids is 5. The molecule has 14 heteroatoms. The Hall–Kier alpha value is -4.20. The van der Waals surface area contributed by atoms with Crippen LogP contribution in [0.2, 0.25) is 0 Å². The highest BCUT2D eigenvalue weighted by molar-refractivity contribution is 5.95. The molecular formula is C21H30N6O8. The third kappa shape index (κ3) is 10.5. The van der Waals surface area contributed by atoms with E-state index in [1.807, 2.05) is 0 Å². The predicted octanol–water partition coefficient (Wildman–Crippen LogP) is -3.04. The predicted molar refractivity (Wildman–Crippen MR) is 121 cm³/mol. The fourth-order valence-electron chi connectivity index (χ4n) is 2.86. The van der Waals surface area contributed by atoms with E-state index < -0.39 is 66.1 Å². The Morgan fingerprint density at radius 2 is 1.43 bits per heavy atom. The summed E-state index contributed by atoms with van der Waals surface area (Å²) in [6.45, 7) is 1.33. The van der Waals surface area contributed by atoms with Crippen molar-refractivity contribution in [2.75, 3.05) is 0 Å². The van der Waals surface area contributed by atoms with Crippen molar-refractivity contribution in [3.8, 4) is 5.75 Å². The Morgan fingerprint density at radius 3 is 1.94 bits per heavy atom. The van der Waals surface area contributed by atoms with Crippen molar-refractivity contribution in [1.82, 2.24) is 16.0 Å². The Labute approximate surface area is 200 Å². The molecular weight excluding hydrogens is 464 g/mol. The van der Waals surface area contributed by atoms with Crippen LogP contribution in [-0.4, -0.2) is 69.9 Å². The topological polar surface area (TPSA) is 257 Å². The largest absolute Gasteiger partial charge is 0.508 e. The summed E-state index contributed by atoms with van der Waals surface area (Å²) in [6.07, 6.45) is -0.936. The van der Waals surface area contributed by atoms with Crippen molar-refractivity contribution in [2.45, 2.75) is 56.8 Å². The second kappa shape index (κ2) is 13.5. The molecule has 0 aliphatic rings. The third-order valence-electron chi connectivity index (χ3n) is 4.82. The number of hydrogen-bond acceptors (Lipinski definition) is 8. The fourth-order valence-corrected chi connectivity index (χ4v) is 2.86. The summed E-state index contributed by atoms with van der Waals surface area (Å²) in [6, 6.07) is 0.498. The van der Waals surface area contributed by atoms with Crippen LogP contribution in [0.5, 0.6) is 5.75 Å². The van der Waals surface area contributed by atoms with Gasteiger partial charge in [-0.25, -0.2) is 4.79 Å². The summed E-state index contributed by atoms with van der Waals surface area (Å²) in [4.78, 5) is 71.0. The van der Waals surface area contributed by atoms with E-state index >= 15 is 0 Å². The fraction of sp³-hybridized carbons (Fsp3) is 0.429. The zero-order chi connectivity index (χ0) is 26.7. The molecule has 0 radical (unpaired) electrons. The molecule has 14 nitrogen and oxygen atoms in total. The SMILES string of the molecule is CC(NC(=O)C(N)CCC(N)=O)C(=O)NC(Cc1ccc(O)cc1)C(=O)NC(CC(N)=O)C(=O)O. The lowest BCUT2D eigenvalue weighted by Crippen LogP contribution is -2.57. The van der Waals surface area contributed by atoms with E-state index in [0.29, 0.717) is 5.56 Å². The molecule has 0 heterocycles. The van der Waals surface area contributed by atoms with E-state index in [2.05, 4.69) is 16.0 Å². The Kier molecular flexibility index (Phi) is 11.1. The minimum atomic E-state index is -1.63. The number of phenolic OH excluding ortho intramolecular Hbond substituents is 1. The number of phenols is 1. The van der Waals surface area contributed by atoms with Crippen LogP contribution in [-0.2, 0) is 35.2 Å². The first-order valence-electron chi connectivity index (χ1n) is 10.5. The minimum Gasteiger partial charge on any atom is -0.508 e. The first kappa shape index (κ1) is 28.8. The standard InChI is InChI=1S/C21H30N6O8/c1-10(25-19(32)13(22)6-7-16(23)29)18(31)26-14(8-11-2-4-12(28)5-3-11)20(33)27-15(21(34)35)9-17(24)30/h2-5,10,13-15,28H,6-9,22H2,1H3,(H2,23,29)(H2,24,30)(H,25,32)(H,26,31)(H,27,33)(H,34,35). The number of amides is 5. The zero-order valence-corrected chi connectivity index (χ0v) is 19.0. The summed E-state index contributed by atoms with van der Waals surface area (Å²) < 4.78 is 0. The van der Waals surface area contributed by atoms with Gasteiger partial charge >= 0.3 is 5.97 Å². The molecule has 5 amide bonds. The van der Waals surface area contributed by atoms with Gasteiger partial charge < -0.3 is 43.4 Å². The van der Waals surface area contributed by atoms with E-state index in [-0.39, 0.29) is 25.0 Å². The van der Waals surface area contributed by atoms with Crippen LogP contribution in [0.3, 0.4) is 0 Å². The lowest BCUT2D eigenvalue weighted by atomic mass is 10.0. The number of carbonyl (C=O) groups is 6. The monoisotopic (exact) mass is 494 g/mol. The van der Waals surface area contributed by atoms with Crippen molar-refractivity contribution in [1.29, 1.82) is 0 Å². The van der Waals surface area contributed by atoms with E-state index in [1.165, 1.54) is 31.2 Å². The van der Waals surface area contributed by atoms with Crippen LogP contribution in [0, 0.1) is 0 Å². The molecule has 0 fully saturated rings. The van der Waals surface area contributed by atoms with Gasteiger partial charge in [-0.3, -0.25) is 24.0 Å². The highest BCUT2D eigenvalue weighted by Gasteiger charge is 2.29. The van der Waals surface area contributed by atoms with Crippen molar-refractivity contribution in [3.05, 3.63) is 29.8 Å². The molecule has 0 spiro atoms. The van der Waals surface area contributed by atoms with Crippen LogP contribution in [0.4, 0.5) is 0 Å². The Morgan fingerprint density at radius 1 is 0.857 bits per heavy atom. The maximum atomic E-state index is 12.8. The van der Waals surface area contributed by atoms with Gasteiger partial charge in [0.2, 0.25) is 29.5 Å². The lowest BCUT2D eigenvalue weighted by molar-refractivity contribution is -0.143. The summed E-state index contributed by atoms with van der Waals surface area (Å²) in [7, 11) is 0. The number of benzene rings is 1. The molecule has 4 unspecified atom stereocenters. The van der Waals surface area contributed by atoms with Crippen molar-refractivity contribution < 1.29 is 39.0 Å². The average Bonchev–Trinajstić information content (AvgIpc) is 2.77. The molecule has 11 N–H and O–H groups in total. The Balaban J connectivity index is 2.96. The number of rotatable bonds is 14. The van der Waals surface area contributed by atoms with Gasteiger partial charge in [-0.2, -0.15) is 0 Å². The maximum absolute atomic E-state index is 12.8. The second-order valence-electron chi connectivity index (χ2n) is 7.84. The van der Waals surface area contributed by atoms with Crippen LogP contribution in [0.25, 0.3) is 0 Å². The van der Waals surface area contributed by atoms with Crippen molar-refractivity contribution >= 4 is 35.5 Å². The summed E-state index contributed by atoms with van der Waals surface area (Å²) >= 11 is 0. The van der Waals surface area contributed by atoms with Crippen molar-refractivity contribution in [3.63, 3.8) is 0 Å². The zero-order valence-electron chi connectivity index (χ0n) is 19.0. The minimum absolute atomic E-state index is 0.0299. The van der Waals surface area contributed by atoms with Gasteiger partial charge in [-0.15, -0.1) is 0 Å². The molecule has 0 aromatic heterocycles. The van der Waals surface area contributed by atoms with Crippen LogP contribution < -0.4 is 33.2 Å². The first-order valence-corrected chi connectivity index (χ1v) is 10.5. The molecule has 0 saturated carbocycles. The summed E-state index contributed by atoms with van der Waals surface area (Å²) in [5.41, 5.74) is 16.2. The first-order chi connectivity index (χ1) is 16.3. The molecule has 0 saturated heterocycles. The number of primary amides is 2. The molecule has 0 bridgehead atoms. The van der Waals surface area contributed by atoms with Gasteiger partial charge in [-0.1, -0.05) is 12.1 Å². The molecule has 1 aromatic rings. The number of aliphatic carboxylic acids is 1. The van der Waals surface area contributed by atoms with Gasteiger partial charge in [0, 0.05) is 12.8 Å². The molecule has 1 aromatic carbocycles. The third-order valence-corrected chi connectivity index (χ3v) is 4.82. The number of carboxylic acid groups (broad SMARTS) is 1. The van der Waals surface area contributed by atoms with Gasteiger partial charge in [0.1, 0.15) is 23.9 Å². The normalized spacial score (nSPS) is 14.0. The number of nitrogens with two attached hydrogens (primary N) is 3. The summed E-state index contributed by atoms with van der Waals surface area (Å²) in [5.74, 6) is -5.56. The number of nitrogens with one attached hydrogen (secondary N) is 3. The molecule has 4 atom stereocenters. The lowest BCUT2D eigenvalue weighted by Gasteiger charge is -2.23. The maximum Gasteiger partial charge on any atom is 0.326 e. The average molecular weight is 495 g/mol. The van der Waals surface area contributed by atoms with Gasteiger partial charge in [0.05, 0.1) is 12.5 Å². The molecule has 192 valence electrons. The molecule has 0 aliphatic heterocycles. The smallest absolute Gasteiger partial charge is 0.326 e. The number of aromatic hydroxyl groups is 1. The number of hydrogen-bond donors (Lipinski definition) is 8. The molecule has 1 rings (SSSR count). The van der Waals surface area contributed by atoms with Crippen LogP contribution in [0.15, 0.2) is 24.3 Å². The number of carboxylic acids is 1. The highest BCUT2D eigenvalue weighted by Crippen LogP contribution is 2.12. The van der Waals surface area contributed by atoms with Crippen LogP contribution >= 0.6 is 0 Å². The Bertz CT molecular complexity index is 952. The molecule has 0 aliphatic carbocycles. The van der Waals surface area contributed by atoms with Gasteiger partial charge in [0.25, 0.3) is 0 Å².